The Morgan fingerprint density at radius 3 is 2.79 bits per heavy atom. The van der Waals surface area contributed by atoms with Crippen molar-refractivity contribution >= 4 is 5.91 Å². The molecule has 0 aliphatic heterocycles. The number of fused-ring (bicyclic) bond motifs is 2. The number of hydrogen-bond acceptors (Lipinski definition) is 1. The van der Waals surface area contributed by atoms with Crippen LogP contribution in [0.4, 0.5) is 0 Å². The first kappa shape index (κ1) is 9.75. The topological polar surface area (TPSA) is 43.1 Å². The van der Waals surface area contributed by atoms with Crippen LogP contribution in [-0.4, -0.2) is 5.91 Å². The Kier molecular flexibility index (Phi) is 2.38. The minimum absolute atomic E-state index is 0.0669. The first-order chi connectivity index (χ1) is 6.69. The summed E-state index contributed by atoms with van der Waals surface area (Å²) in [6.45, 7) is 2.16. The van der Waals surface area contributed by atoms with Gasteiger partial charge in [0.15, 0.2) is 0 Å². The van der Waals surface area contributed by atoms with Gasteiger partial charge in [-0.1, -0.05) is 31.9 Å². The number of carbonyl (C=O) groups is 1. The number of unbranched alkanes of at least 4 members (excludes halogenated alkanes) is 1. The second-order valence-electron chi connectivity index (χ2n) is 4.82. The Balaban J connectivity index is 2.16. The summed E-state index contributed by atoms with van der Waals surface area (Å²) >= 11 is 0. The first-order valence-electron chi connectivity index (χ1n) is 5.67. The van der Waals surface area contributed by atoms with E-state index in [0.717, 1.165) is 32.1 Å². The molecule has 0 saturated heterocycles. The number of nitrogens with two attached hydrogens (primary N) is 1. The summed E-state index contributed by atoms with van der Waals surface area (Å²) in [5.74, 6) is 1.00. The average Bonchev–Trinajstić information content (AvgIpc) is 2.74. The molecule has 2 heteroatoms. The smallest absolute Gasteiger partial charge is 0.224 e. The van der Waals surface area contributed by atoms with Crippen molar-refractivity contribution in [2.24, 2.45) is 23.0 Å². The van der Waals surface area contributed by atoms with Gasteiger partial charge in [0.05, 0.1) is 5.41 Å². The van der Waals surface area contributed by atoms with Crippen LogP contribution in [0.1, 0.15) is 39.0 Å². The van der Waals surface area contributed by atoms with Crippen LogP contribution in [0.25, 0.3) is 0 Å². The van der Waals surface area contributed by atoms with Crippen LogP contribution in [0.2, 0.25) is 0 Å². The van der Waals surface area contributed by atoms with Gasteiger partial charge in [-0.25, -0.2) is 0 Å². The molecule has 0 radical (unpaired) electrons. The lowest BCUT2D eigenvalue weighted by molar-refractivity contribution is -0.129. The van der Waals surface area contributed by atoms with E-state index in [1.807, 2.05) is 0 Å². The van der Waals surface area contributed by atoms with Crippen LogP contribution >= 0.6 is 0 Å². The van der Waals surface area contributed by atoms with Crippen molar-refractivity contribution in [3.05, 3.63) is 12.2 Å². The van der Waals surface area contributed by atoms with Crippen LogP contribution in [0, 0.1) is 17.3 Å². The third kappa shape index (κ3) is 1.28. The molecular formula is C12H19NO. The fraction of sp³-hybridized carbons (Fsp3) is 0.750. The van der Waals surface area contributed by atoms with Crippen molar-refractivity contribution < 1.29 is 4.79 Å². The SMILES string of the molecule is CCCCC1(C(N)=O)CC2C=CC1C2. The van der Waals surface area contributed by atoms with E-state index in [9.17, 15) is 4.79 Å². The highest BCUT2D eigenvalue weighted by Gasteiger charge is 2.51. The van der Waals surface area contributed by atoms with Gasteiger partial charge in [0, 0.05) is 0 Å². The number of primary amides is 1. The fourth-order valence-corrected chi connectivity index (χ4v) is 3.14. The fourth-order valence-electron chi connectivity index (χ4n) is 3.14. The normalized spacial score (nSPS) is 39.2. The van der Waals surface area contributed by atoms with Crippen LogP contribution < -0.4 is 5.73 Å². The van der Waals surface area contributed by atoms with E-state index in [1.165, 1.54) is 0 Å². The molecule has 3 unspecified atom stereocenters. The highest BCUT2D eigenvalue weighted by molar-refractivity contribution is 5.82. The molecule has 0 aromatic rings. The number of allylic oxidation sites excluding steroid dienone is 2. The lowest BCUT2D eigenvalue weighted by Gasteiger charge is -2.32. The minimum Gasteiger partial charge on any atom is -0.369 e. The summed E-state index contributed by atoms with van der Waals surface area (Å²) in [5.41, 5.74) is 5.40. The monoisotopic (exact) mass is 193 g/mol. The zero-order chi connectivity index (χ0) is 10.2. The lowest BCUT2D eigenvalue weighted by Crippen LogP contribution is -2.40. The molecule has 2 aliphatic rings. The number of hydrogen-bond donors (Lipinski definition) is 1. The summed E-state index contributed by atoms with van der Waals surface area (Å²) in [5, 5.41) is 0. The van der Waals surface area contributed by atoms with Gasteiger partial charge in [0.25, 0.3) is 0 Å². The quantitative estimate of drug-likeness (QED) is 0.684. The molecule has 2 aliphatic carbocycles. The first-order valence-corrected chi connectivity index (χ1v) is 5.67. The van der Waals surface area contributed by atoms with Crippen molar-refractivity contribution in [3.63, 3.8) is 0 Å². The number of rotatable bonds is 4. The van der Waals surface area contributed by atoms with Gasteiger partial charge in [-0.3, -0.25) is 4.79 Å². The summed E-state index contributed by atoms with van der Waals surface area (Å²) in [7, 11) is 0. The van der Waals surface area contributed by atoms with Gasteiger partial charge in [0.1, 0.15) is 0 Å². The third-order valence-corrected chi connectivity index (χ3v) is 3.98. The van der Waals surface area contributed by atoms with Gasteiger partial charge in [-0.2, -0.15) is 0 Å². The van der Waals surface area contributed by atoms with Crippen molar-refractivity contribution in [1.29, 1.82) is 0 Å². The molecular weight excluding hydrogens is 174 g/mol. The maximum absolute atomic E-state index is 11.6. The van der Waals surface area contributed by atoms with Crippen LogP contribution in [0.15, 0.2) is 12.2 Å². The molecule has 3 atom stereocenters. The van der Waals surface area contributed by atoms with Gasteiger partial charge in [0.2, 0.25) is 5.91 Å². The van der Waals surface area contributed by atoms with Crippen molar-refractivity contribution in [2.75, 3.05) is 0 Å². The molecule has 78 valence electrons. The van der Waals surface area contributed by atoms with E-state index < -0.39 is 0 Å². The summed E-state index contributed by atoms with van der Waals surface area (Å²) in [6, 6.07) is 0. The molecule has 2 bridgehead atoms. The Hall–Kier alpha value is -0.790. The Morgan fingerprint density at radius 1 is 1.57 bits per heavy atom. The van der Waals surface area contributed by atoms with Crippen molar-refractivity contribution in [2.45, 2.75) is 39.0 Å². The van der Waals surface area contributed by atoms with Crippen LogP contribution in [-0.2, 0) is 4.79 Å². The third-order valence-electron chi connectivity index (χ3n) is 3.98. The maximum Gasteiger partial charge on any atom is 0.224 e. The van der Waals surface area contributed by atoms with E-state index in [-0.39, 0.29) is 11.3 Å². The van der Waals surface area contributed by atoms with E-state index >= 15 is 0 Å². The second kappa shape index (κ2) is 3.41. The zero-order valence-corrected chi connectivity index (χ0v) is 8.83. The molecule has 1 saturated carbocycles. The molecule has 0 aromatic carbocycles. The maximum atomic E-state index is 11.6. The van der Waals surface area contributed by atoms with E-state index in [1.54, 1.807) is 0 Å². The number of amides is 1. The largest absolute Gasteiger partial charge is 0.369 e. The standard InChI is InChI=1S/C12H19NO/c1-2-3-6-12(11(13)14)8-9-4-5-10(12)7-9/h4-5,9-10H,2-3,6-8H2,1H3,(H2,13,14). The van der Waals surface area contributed by atoms with E-state index in [0.29, 0.717) is 11.8 Å². The van der Waals surface area contributed by atoms with Gasteiger partial charge in [-0.15, -0.1) is 0 Å². The van der Waals surface area contributed by atoms with Gasteiger partial charge in [-0.05, 0) is 31.1 Å². The van der Waals surface area contributed by atoms with E-state index in [2.05, 4.69) is 19.1 Å². The second-order valence-corrected chi connectivity index (χ2v) is 4.82. The molecule has 2 N–H and O–H groups in total. The predicted octanol–water partition coefficient (Wildman–Crippen LogP) is 2.24. The van der Waals surface area contributed by atoms with Crippen molar-refractivity contribution in [1.82, 2.24) is 0 Å². The van der Waals surface area contributed by atoms with Crippen molar-refractivity contribution in [3.8, 4) is 0 Å². The molecule has 0 heterocycles. The van der Waals surface area contributed by atoms with E-state index in [4.69, 9.17) is 5.73 Å². The molecule has 1 amide bonds. The predicted molar refractivity (Wildman–Crippen MR) is 56.5 cm³/mol. The van der Waals surface area contributed by atoms with Crippen LogP contribution in [0.5, 0.6) is 0 Å². The highest BCUT2D eigenvalue weighted by atomic mass is 16.1. The molecule has 0 spiro atoms. The molecule has 14 heavy (non-hydrogen) atoms. The molecule has 2 rings (SSSR count). The lowest BCUT2D eigenvalue weighted by atomic mass is 9.71. The minimum atomic E-state index is -0.185. The van der Waals surface area contributed by atoms with Gasteiger partial charge >= 0.3 is 0 Å². The summed E-state index contributed by atoms with van der Waals surface area (Å²) < 4.78 is 0. The van der Waals surface area contributed by atoms with Gasteiger partial charge < -0.3 is 5.73 Å². The van der Waals surface area contributed by atoms with Crippen LogP contribution in [0.3, 0.4) is 0 Å². The Labute approximate surface area is 85.6 Å². The summed E-state index contributed by atoms with van der Waals surface area (Å²) in [6.07, 6.45) is 9.91. The Bertz CT molecular complexity index is 271. The Morgan fingerprint density at radius 2 is 2.36 bits per heavy atom. The zero-order valence-electron chi connectivity index (χ0n) is 8.83. The highest BCUT2D eigenvalue weighted by Crippen LogP contribution is 2.54. The number of carbonyl (C=O) groups excluding carboxylic acids is 1. The molecule has 1 fully saturated rings. The summed E-state index contributed by atoms with van der Waals surface area (Å²) in [4.78, 5) is 11.6. The molecule has 0 aromatic heterocycles. The average molecular weight is 193 g/mol. The molecule has 2 nitrogen and oxygen atoms in total.